The summed E-state index contributed by atoms with van der Waals surface area (Å²) in [5.74, 6) is -1.09. The van der Waals surface area contributed by atoms with E-state index in [-0.39, 0.29) is 11.6 Å². The lowest BCUT2D eigenvalue weighted by atomic mass is 10.0. The van der Waals surface area contributed by atoms with Crippen LogP contribution >= 0.6 is 11.6 Å². The maximum Gasteiger partial charge on any atom is 0.411 e. The van der Waals surface area contributed by atoms with Crippen LogP contribution in [0.2, 0.25) is 5.02 Å². The second-order valence-electron chi connectivity index (χ2n) is 6.76. The first-order chi connectivity index (χ1) is 14.3. The summed E-state index contributed by atoms with van der Waals surface area (Å²) in [5.41, 5.74) is 1.99. The SMILES string of the molecule is COC(=O)Nc1cc(NC(=O)c2cnn(-c3cccc(Cl)c3)c2C(C)C)ccc1F. The van der Waals surface area contributed by atoms with Crippen LogP contribution in [-0.2, 0) is 4.74 Å². The number of rotatable bonds is 5. The number of nitrogens with zero attached hydrogens (tertiary/aromatic N) is 2. The molecule has 156 valence electrons. The van der Waals surface area contributed by atoms with Crippen LogP contribution in [0.4, 0.5) is 20.6 Å². The van der Waals surface area contributed by atoms with Gasteiger partial charge in [-0.15, -0.1) is 0 Å². The molecule has 0 saturated carbocycles. The zero-order chi connectivity index (χ0) is 21.8. The topological polar surface area (TPSA) is 85.2 Å². The highest BCUT2D eigenvalue weighted by atomic mass is 35.5. The van der Waals surface area contributed by atoms with E-state index in [1.54, 1.807) is 22.9 Å². The van der Waals surface area contributed by atoms with Crippen molar-refractivity contribution in [3.05, 3.63) is 70.8 Å². The number of anilines is 2. The Labute approximate surface area is 177 Å². The van der Waals surface area contributed by atoms with Gasteiger partial charge in [-0.25, -0.2) is 13.9 Å². The van der Waals surface area contributed by atoms with E-state index in [0.717, 1.165) is 11.8 Å². The van der Waals surface area contributed by atoms with Gasteiger partial charge in [-0.05, 0) is 42.3 Å². The Balaban J connectivity index is 1.91. The second kappa shape index (κ2) is 8.96. The molecule has 0 fully saturated rings. The van der Waals surface area contributed by atoms with Gasteiger partial charge in [0, 0.05) is 10.7 Å². The highest BCUT2D eigenvalue weighted by Crippen LogP contribution is 2.26. The largest absolute Gasteiger partial charge is 0.453 e. The van der Waals surface area contributed by atoms with Gasteiger partial charge < -0.3 is 10.1 Å². The van der Waals surface area contributed by atoms with Gasteiger partial charge in [0.05, 0.1) is 35.9 Å². The number of benzene rings is 2. The van der Waals surface area contributed by atoms with Gasteiger partial charge in [0.1, 0.15) is 5.82 Å². The van der Waals surface area contributed by atoms with Crippen LogP contribution in [0.25, 0.3) is 5.69 Å². The van der Waals surface area contributed by atoms with Gasteiger partial charge in [0.2, 0.25) is 0 Å². The van der Waals surface area contributed by atoms with Crippen LogP contribution in [0.1, 0.15) is 35.8 Å². The van der Waals surface area contributed by atoms with Gasteiger partial charge >= 0.3 is 6.09 Å². The van der Waals surface area contributed by atoms with E-state index in [4.69, 9.17) is 11.6 Å². The molecule has 0 radical (unpaired) electrons. The first kappa shape index (κ1) is 21.3. The van der Waals surface area contributed by atoms with Crippen LogP contribution in [0.15, 0.2) is 48.7 Å². The lowest BCUT2D eigenvalue weighted by molar-refractivity contribution is 0.102. The van der Waals surface area contributed by atoms with Crippen molar-refractivity contribution in [3.8, 4) is 5.69 Å². The molecular weight excluding hydrogens is 411 g/mol. The number of carbonyl (C=O) groups excluding carboxylic acids is 2. The quantitative estimate of drug-likeness (QED) is 0.581. The number of hydrogen-bond donors (Lipinski definition) is 2. The van der Waals surface area contributed by atoms with Crippen molar-refractivity contribution in [2.45, 2.75) is 19.8 Å². The molecule has 0 atom stereocenters. The third-order valence-electron chi connectivity index (χ3n) is 4.30. The molecule has 30 heavy (non-hydrogen) atoms. The Hall–Kier alpha value is -3.39. The number of amides is 2. The average Bonchev–Trinajstić information content (AvgIpc) is 3.16. The van der Waals surface area contributed by atoms with E-state index in [1.165, 1.54) is 25.4 Å². The molecule has 0 aliphatic rings. The molecule has 1 heterocycles. The molecule has 0 saturated heterocycles. The maximum absolute atomic E-state index is 13.9. The normalized spacial score (nSPS) is 10.7. The monoisotopic (exact) mass is 430 g/mol. The fraction of sp³-hybridized carbons (Fsp3) is 0.190. The molecule has 0 aliphatic heterocycles. The van der Waals surface area contributed by atoms with Crippen molar-refractivity contribution in [2.24, 2.45) is 0 Å². The number of methoxy groups -OCH3 is 1. The number of halogens is 2. The molecule has 2 aromatic carbocycles. The van der Waals surface area contributed by atoms with E-state index in [2.05, 4.69) is 20.5 Å². The highest BCUT2D eigenvalue weighted by molar-refractivity contribution is 6.30. The molecule has 2 amide bonds. The summed E-state index contributed by atoms with van der Waals surface area (Å²) in [4.78, 5) is 24.3. The van der Waals surface area contributed by atoms with Gasteiger partial charge in [0.25, 0.3) is 5.91 Å². The molecule has 3 aromatic rings. The van der Waals surface area contributed by atoms with E-state index in [1.807, 2.05) is 19.9 Å². The summed E-state index contributed by atoms with van der Waals surface area (Å²) in [5, 5.41) is 9.88. The minimum absolute atomic E-state index is 0.0167. The van der Waals surface area contributed by atoms with Crippen LogP contribution in [0.5, 0.6) is 0 Å². The zero-order valence-corrected chi connectivity index (χ0v) is 17.3. The molecular formula is C21H20ClFN4O3. The number of ether oxygens (including phenoxy) is 1. The minimum Gasteiger partial charge on any atom is -0.453 e. The average molecular weight is 431 g/mol. The van der Waals surface area contributed by atoms with E-state index in [0.29, 0.717) is 22.0 Å². The smallest absolute Gasteiger partial charge is 0.411 e. The van der Waals surface area contributed by atoms with Crippen LogP contribution in [-0.4, -0.2) is 28.9 Å². The summed E-state index contributed by atoms with van der Waals surface area (Å²) in [6.07, 6.45) is 0.658. The van der Waals surface area contributed by atoms with E-state index < -0.39 is 17.8 Å². The molecule has 0 unspecified atom stereocenters. The second-order valence-corrected chi connectivity index (χ2v) is 7.19. The fourth-order valence-corrected chi connectivity index (χ4v) is 3.14. The summed E-state index contributed by atoms with van der Waals surface area (Å²) in [6, 6.07) is 11.0. The molecule has 3 rings (SSSR count). The zero-order valence-electron chi connectivity index (χ0n) is 16.6. The van der Waals surface area contributed by atoms with Crippen molar-refractivity contribution in [3.63, 3.8) is 0 Å². The molecule has 0 aliphatic carbocycles. The summed E-state index contributed by atoms with van der Waals surface area (Å²) in [6.45, 7) is 3.90. The molecule has 0 bridgehead atoms. The first-order valence-electron chi connectivity index (χ1n) is 9.10. The van der Waals surface area contributed by atoms with Crippen LogP contribution in [0.3, 0.4) is 0 Å². The van der Waals surface area contributed by atoms with Gasteiger partial charge in [-0.3, -0.25) is 10.1 Å². The lowest BCUT2D eigenvalue weighted by Crippen LogP contribution is -2.16. The van der Waals surface area contributed by atoms with Gasteiger partial charge in [-0.2, -0.15) is 5.10 Å². The molecule has 0 spiro atoms. The lowest BCUT2D eigenvalue weighted by Gasteiger charge is -2.14. The third-order valence-corrected chi connectivity index (χ3v) is 4.53. The van der Waals surface area contributed by atoms with E-state index in [9.17, 15) is 14.0 Å². The predicted molar refractivity (Wildman–Crippen MR) is 113 cm³/mol. The Kier molecular flexibility index (Phi) is 6.37. The molecule has 9 heteroatoms. The van der Waals surface area contributed by atoms with Crippen molar-refractivity contribution in [1.29, 1.82) is 0 Å². The van der Waals surface area contributed by atoms with Crippen LogP contribution in [0, 0.1) is 5.82 Å². The molecule has 1 aromatic heterocycles. The highest BCUT2D eigenvalue weighted by Gasteiger charge is 2.21. The van der Waals surface area contributed by atoms with Crippen molar-refractivity contribution < 1.29 is 18.7 Å². The van der Waals surface area contributed by atoms with Crippen molar-refractivity contribution >= 4 is 35.0 Å². The number of nitrogens with one attached hydrogen (secondary N) is 2. The predicted octanol–water partition coefficient (Wildman–Crippen LogP) is 5.22. The number of carbonyl (C=O) groups is 2. The van der Waals surface area contributed by atoms with E-state index >= 15 is 0 Å². The number of hydrogen-bond acceptors (Lipinski definition) is 4. The van der Waals surface area contributed by atoms with Crippen molar-refractivity contribution in [1.82, 2.24) is 9.78 Å². The van der Waals surface area contributed by atoms with Crippen molar-refractivity contribution in [2.75, 3.05) is 17.7 Å². The standard InChI is InChI=1S/C21H20ClFN4O3/c1-12(2)19-16(11-24-27(19)15-6-4-5-13(22)9-15)20(28)25-14-7-8-17(23)18(10-14)26-21(29)30-3/h4-12H,1-3H3,(H,25,28)(H,26,29). The Morgan fingerprint density at radius 1 is 1.17 bits per heavy atom. The molecule has 7 nitrogen and oxygen atoms in total. The molecule has 2 N–H and O–H groups in total. The van der Waals surface area contributed by atoms with Gasteiger partial charge in [0.15, 0.2) is 0 Å². The summed E-state index contributed by atoms with van der Waals surface area (Å²) in [7, 11) is 1.17. The third kappa shape index (κ3) is 4.60. The fourth-order valence-electron chi connectivity index (χ4n) is 2.96. The number of aromatic nitrogens is 2. The van der Waals surface area contributed by atoms with Gasteiger partial charge in [-0.1, -0.05) is 31.5 Å². The van der Waals surface area contributed by atoms with Crippen LogP contribution < -0.4 is 10.6 Å². The Morgan fingerprint density at radius 2 is 1.93 bits per heavy atom. The summed E-state index contributed by atoms with van der Waals surface area (Å²) >= 11 is 6.09. The first-order valence-corrected chi connectivity index (χ1v) is 9.47. The Morgan fingerprint density at radius 3 is 2.60 bits per heavy atom. The Bertz CT molecular complexity index is 1100. The summed E-state index contributed by atoms with van der Waals surface area (Å²) < 4.78 is 20.1. The minimum atomic E-state index is -0.817. The maximum atomic E-state index is 13.9.